The van der Waals surface area contributed by atoms with E-state index in [1.807, 2.05) is 0 Å². The van der Waals surface area contributed by atoms with Crippen LogP contribution in [0.3, 0.4) is 0 Å². The van der Waals surface area contributed by atoms with E-state index in [0.717, 1.165) is 0 Å². The van der Waals surface area contributed by atoms with Gasteiger partial charge in [-0.3, -0.25) is 0 Å². The Morgan fingerprint density at radius 1 is 0.500 bits per heavy atom. The summed E-state index contributed by atoms with van der Waals surface area (Å²) >= 11 is 0. The summed E-state index contributed by atoms with van der Waals surface area (Å²) in [4.78, 5) is 0. The number of fused-ring (bicyclic) bond motifs is 3. The zero-order valence-electron chi connectivity index (χ0n) is 14.3. The molecule has 5 rings (SSSR count). The molecule has 0 radical (unpaired) electrons. The molecular formula is C24H18NP. The maximum absolute atomic E-state index is 2.41. The third-order valence-corrected chi connectivity index (χ3v) is 6.09. The predicted molar refractivity (Wildman–Crippen MR) is 115 cm³/mol. The van der Waals surface area contributed by atoms with Gasteiger partial charge in [0.2, 0.25) is 0 Å². The SMILES string of the molecule is c1ccc(Pc2ccccc2-n2c3ccccc3c3ccccc32)cc1. The molecule has 0 saturated carbocycles. The van der Waals surface area contributed by atoms with Crippen LogP contribution in [0.25, 0.3) is 27.5 Å². The first kappa shape index (κ1) is 15.4. The fourth-order valence-electron chi connectivity index (χ4n) is 3.63. The third kappa shape index (κ3) is 2.53. The number of benzene rings is 4. The van der Waals surface area contributed by atoms with Crippen molar-refractivity contribution in [3.63, 3.8) is 0 Å². The Morgan fingerprint density at radius 2 is 1.04 bits per heavy atom. The number of hydrogen-bond acceptors (Lipinski definition) is 0. The van der Waals surface area contributed by atoms with Crippen LogP contribution in [0.5, 0.6) is 0 Å². The zero-order chi connectivity index (χ0) is 17.3. The van der Waals surface area contributed by atoms with E-state index in [0.29, 0.717) is 8.58 Å². The summed E-state index contributed by atoms with van der Waals surface area (Å²) in [6.45, 7) is 0. The van der Waals surface area contributed by atoms with Gasteiger partial charge in [0.1, 0.15) is 0 Å². The topological polar surface area (TPSA) is 4.93 Å². The van der Waals surface area contributed by atoms with Gasteiger partial charge in [-0.2, -0.15) is 0 Å². The highest BCUT2D eigenvalue weighted by molar-refractivity contribution is 7.55. The van der Waals surface area contributed by atoms with Gasteiger partial charge in [-0.05, 0) is 23.5 Å². The minimum atomic E-state index is 0.635. The Morgan fingerprint density at radius 3 is 1.73 bits per heavy atom. The standard InChI is InChI=1S/C24H18NP/c1-2-10-18(11-3-1)26-24-17-9-8-16-23(24)25-21-14-6-4-12-19(21)20-13-5-7-15-22(20)25/h1-17,26H. The van der Waals surface area contributed by atoms with Gasteiger partial charge in [0, 0.05) is 16.1 Å². The summed E-state index contributed by atoms with van der Waals surface area (Å²) in [5.74, 6) is 0. The van der Waals surface area contributed by atoms with Crippen LogP contribution in [0, 0.1) is 0 Å². The number of nitrogens with zero attached hydrogens (tertiary/aromatic N) is 1. The van der Waals surface area contributed by atoms with Gasteiger partial charge in [-0.15, -0.1) is 0 Å². The molecule has 0 fully saturated rings. The van der Waals surface area contributed by atoms with Crippen molar-refractivity contribution in [1.29, 1.82) is 0 Å². The maximum atomic E-state index is 2.41. The van der Waals surface area contributed by atoms with Crippen LogP contribution >= 0.6 is 8.58 Å². The first-order valence-corrected chi connectivity index (χ1v) is 9.81. The van der Waals surface area contributed by atoms with E-state index >= 15 is 0 Å². The molecule has 1 unspecified atom stereocenters. The van der Waals surface area contributed by atoms with Crippen molar-refractivity contribution in [3.05, 3.63) is 103 Å². The summed E-state index contributed by atoms with van der Waals surface area (Å²) in [5.41, 5.74) is 3.80. The summed E-state index contributed by atoms with van der Waals surface area (Å²) in [5, 5.41) is 5.34. The highest BCUT2D eigenvalue weighted by Crippen LogP contribution is 2.32. The Balaban J connectivity index is 1.78. The van der Waals surface area contributed by atoms with E-state index in [-0.39, 0.29) is 0 Å². The van der Waals surface area contributed by atoms with Gasteiger partial charge >= 0.3 is 0 Å². The number of rotatable bonds is 3. The van der Waals surface area contributed by atoms with E-state index in [2.05, 4.69) is 108 Å². The molecule has 2 heteroatoms. The van der Waals surface area contributed by atoms with Crippen molar-refractivity contribution < 1.29 is 0 Å². The van der Waals surface area contributed by atoms with Crippen LogP contribution in [0.15, 0.2) is 103 Å². The fraction of sp³-hybridized carbons (Fsp3) is 0. The van der Waals surface area contributed by atoms with Crippen molar-refractivity contribution >= 4 is 41.0 Å². The molecule has 1 atom stereocenters. The molecule has 26 heavy (non-hydrogen) atoms. The van der Waals surface area contributed by atoms with Gasteiger partial charge in [0.25, 0.3) is 0 Å². The third-order valence-electron chi connectivity index (χ3n) is 4.78. The lowest BCUT2D eigenvalue weighted by Crippen LogP contribution is -2.10. The van der Waals surface area contributed by atoms with Gasteiger partial charge in [0.05, 0.1) is 16.7 Å². The lowest BCUT2D eigenvalue weighted by molar-refractivity contribution is 1.19. The summed E-state index contributed by atoms with van der Waals surface area (Å²) in [7, 11) is 0.635. The highest BCUT2D eigenvalue weighted by atomic mass is 31.1. The normalized spacial score (nSPS) is 11.7. The molecule has 0 aliphatic rings. The van der Waals surface area contributed by atoms with Crippen LogP contribution < -0.4 is 10.6 Å². The zero-order valence-corrected chi connectivity index (χ0v) is 15.3. The molecule has 124 valence electrons. The number of para-hydroxylation sites is 3. The van der Waals surface area contributed by atoms with Crippen LogP contribution in [0.1, 0.15) is 0 Å². The Kier molecular flexibility index (Phi) is 3.81. The molecule has 0 bridgehead atoms. The molecule has 1 nitrogen and oxygen atoms in total. The highest BCUT2D eigenvalue weighted by Gasteiger charge is 2.13. The summed E-state index contributed by atoms with van der Waals surface area (Å²) < 4.78 is 2.41. The largest absolute Gasteiger partial charge is 0.309 e. The van der Waals surface area contributed by atoms with Gasteiger partial charge in [-0.1, -0.05) is 93.5 Å². The summed E-state index contributed by atoms with van der Waals surface area (Å²) in [6.07, 6.45) is 0. The second kappa shape index (κ2) is 6.44. The Bertz CT molecular complexity index is 1150. The van der Waals surface area contributed by atoms with Crippen molar-refractivity contribution in [2.45, 2.75) is 0 Å². The molecule has 1 aromatic heterocycles. The molecule has 0 amide bonds. The molecule has 0 spiro atoms. The average Bonchev–Trinajstić information content (AvgIpc) is 3.04. The predicted octanol–water partition coefficient (Wildman–Crippen LogP) is 5.41. The molecule has 5 aromatic rings. The van der Waals surface area contributed by atoms with Crippen LogP contribution in [0.2, 0.25) is 0 Å². The molecule has 0 saturated heterocycles. The lowest BCUT2D eigenvalue weighted by Gasteiger charge is -2.13. The van der Waals surface area contributed by atoms with Gasteiger partial charge in [0.15, 0.2) is 0 Å². The quantitative estimate of drug-likeness (QED) is 0.383. The van der Waals surface area contributed by atoms with Crippen molar-refractivity contribution in [3.8, 4) is 5.69 Å². The lowest BCUT2D eigenvalue weighted by atomic mass is 10.2. The second-order valence-electron chi connectivity index (χ2n) is 6.38. The Labute approximate surface area is 154 Å². The Hall–Kier alpha value is -2.89. The van der Waals surface area contributed by atoms with Crippen LogP contribution in [0.4, 0.5) is 0 Å². The second-order valence-corrected chi connectivity index (χ2v) is 7.74. The van der Waals surface area contributed by atoms with E-state index in [1.165, 1.54) is 38.1 Å². The summed E-state index contributed by atoms with van der Waals surface area (Å²) in [6, 6.07) is 36.9. The van der Waals surface area contributed by atoms with E-state index in [4.69, 9.17) is 0 Å². The van der Waals surface area contributed by atoms with Gasteiger partial charge < -0.3 is 4.57 Å². The fourth-order valence-corrected chi connectivity index (χ4v) is 4.81. The number of hydrogen-bond donors (Lipinski definition) is 0. The van der Waals surface area contributed by atoms with E-state index < -0.39 is 0 Å². The molecular weight excluding hydrogens is 333 g/mol. The van der Waals surface area contributed by atoms with Crippen LogP contribution in [-0.4, -0.2) is 4.57 Å². The molecule has 4 aromatic carbocycles. The molecule has 0 aliphatic heterocycles. The molecule has 0 aliphatic carbocycles. The van der Waals surface area contributed by atoms with E-state index in [1.54, 1.807) is 0 Å². The number of aromatic nitrogens is 1. The average molecular weight is 351 g/mol. The first-order chi connectivity index (χ1) is 12.9. The van der Waals surface area contributed by atoms with Crippen molar-refractivity contribution in [2.75, 3.05) is 0 Å². The molecule has 0 N–H and O–H groups in total. The maximum Gasteiger partial charge on any atom is 0.0541 e. The monoisotopic (exact) mass is 351 g/mol. The minimum Gasteiger partial charge on any atom is -0.309 e. The van der Waals surface area contributed by atoms with Crippen molar-refractivity contribution in [1.82, 2.24) is 4.57 Å². The van der Waals surface area contributed by atoms with Gasteiger partial charge in [-0.25, -0.2) is 0 Å². The minimum absolute atomic E-state index is 0.635. The molecule has 1 heterocycles. The smallest absolute Gasteiger partial charge is 0.0541 e. The van der Waals surface area contributed by atoms with E-state index in [9.17, 15) is 0 Å². The first-order valence-electron chi connectivity index (χ1n) is 8.81. The van der Waals surface area contributed by atoms with Crippen molar-refractivity contribution in [2.24, 2.45) is 0 Å². The van der Waals surface area contributed by atoms with Crippen LogP contribution in [-0.2, 0) is 0 Å².